The fourth-order valence-corrected chi connectivity index (χ4v) is 1.20. The predicted octanol–water partition coefficient (Wildman–Crippen LogP) is 1.72. The Hall–Kier alpha value is -1.27. The summed E-state index contributed by atoms with van der Waals surface area (Å²) in [5.41, 5.74) is 0.866. The zero-order valence-corrected chi connectivity index (χ0v) is 9.83. The minimum atomic E-state index is -0.945. The van der Waals surface area contributed by atoms with Crippen LogP contribution in [0.3, 0.4) is 0 Å². The molecule has 0 bridgehead atoms. The Labute approximate surface area is 91.1 Å². The molecule has 1 heterocycles. The van der Waals surface area contributed by atoms with E-state index in [0.717, 1.165) is 24.2 Å². The maximum atomic E-state index is 9.48. The van der Waals surface area contributed by atoms with Crippen molar-refractivity contribution in [3.8, 4) is 11.8 Å². The molecular formula is C12H18N2O. The molecular weight excluding hydrogens is 188 g/mol. The van der Waals surface area contributed by atoms with Crippen LogP contribution >= 0.6 is 0 Å². The molecule has 0 atom stereocenters. The quantitative estimate of drug-likeness (QED) is 0.748. The summed E-state index contributed by atoms with van der Waals surface area (Å²) in [4.78, 5) is 0. The third kappa shape index (κ3) is 3.77. The average molecular weight is 206 g/mol. The highest BCUT2D eigenvalue weighted by Gasteiger charge is 2.07. The SMILES string of the molecule is CCCn1cc(C#CC(C)(C)O)c(C)n1. The van der Waals surface area contributed by atoms with E-state index in [-0.39, 0.29) is 0 Å². The molecule has 0 amide bonds. The lowest BCUT2D eigenvalue weighted by molar-refractivity contribution is 0.143. The Morgan fingerprint density at radius 1 is 1.53 bits per heavy atom. The Morgan fingerprint density at radius 2 is 2.20 bits per heavy atom. The molecule has 0 radical (unpaired) electrons. The molecule has 3 nitrogen and oxygen atoms in total. The maximum Gasteiger partial charge on any atom is 0.120 e. The molecule has 0 aliphatic heterocycles. The zero-order valence-electron chi connectivity index (χ0n) is 9.83. The molecule has 0 saturated heterocycles. The Balaban J connectivity index is 2.89. The van der Waals surface area contributed by atoms with E-state index in [4.69, 9.17) is 0 Å². The molecule has 1 rings (SSSR count). The first kappa shape index (κ1) is 11.8. The summed E-state index contributed by atoms with van der Waals surface area (Å²) < 4.78 is 1.89. The van der Waals surface area contributed by atoms with Crippen molar-refractivity contribution in [2.24, 2.45) is 0 Å². The number of aliphatic hydroxyl groups is 1. The van der Waals surface area contributed by atoms with Crippen LogP contribution in [0.1, 0.15) is 38.4 Å². The summed E-state index contributed by atoms with van der Waals surface area (Å²) in [6, 6.07) is 0. The van der Waals surface area contributed by atoms with Crippen molar-refractivity contribution in [1.29, 1.82) is 0 Å². The van der Waals surface area contributed by atoms with Crippen molar-refractivity contribution >= 4 is 0 Å². The summed E-state index contributed by atoms with van der Waals surface area (Å²) in [6.45, 7) is 8.29. The highest BCUT2D eigenvalue weighted by atomic mass is 16.3. The van der Waals surface area contributed by atoms with Crippen LogP contribution in [0.4, 0.5) is 0 Å². The van der Waals surface area contributed by atoms with E-state index >= 15 is 0 Å². The monoisotopic (exact) mass is 206 g/mol. The maximum absolute atomic E-state index is 9.48. The summed E-state index contributed by atoms with van der Waals surface area (Å²) in [7, 11) is 0. The van der Waals surface area contributed by atoms with Crippen molar-refractivity contribution < 1.29 is 5.11 Å². The summed E-state index contributed by atoms with van der Waals surface area (Å²) in [5, 5.41) is 13.8. The van der Waals surface area contributed by atoms with Gasteiger partial charge in [-0.2, -0.15) is 5.10 Å². The van der Waals surface area contributed by atoms with Gasteiger partial charge in [0.05, 0.1) is 11.3 Å². The molecule has 1 N–H and O–H groups in total. The van der Waals surface area contributed by atoms with E-state index in [0.29, 0.717) is 0 Å². The van der Waals surface area contributed by atoms with Crippen molar-refractivity contribution in [3.63, 3.8) is 0 Å². The van der Waals surface area contributed by atoms with Gasteiger partial charge in [-0.25, -0.2) is 0 Å². The van der Waals surface area contributed by atoms with Gasteiger partial charge in [0.25, 0.3) is 0 Å². The highest BCUT2D eigenvalue weighted by molar-refractivity contribution is 5.37. The second kappa shape index (κ2) is 4.50. The van der Waals surface area contributed by atoms with E-state index in [2.05, 4.69) is 23.9 Å². The smallest absolute Gasteiger partial charge is 0.120 e. The van der Waals surface area contributed by atoms with Gasteiger partial charge in [-0.15, -0.1) is 0 Å². The van der Waals surface area contributed by atoms with Crippen LogP contribution in [0.2, 0.25) is 0 Å². The van der Waals surface area contributed by atoms with Gasteiger partial charge >= 0.3 is 0 Å². The fourth-order valence-electron chi connectivity index (χ4n) is 1.20. The molecule has 0 aliphatic rings. The standard InChI is InChI=1S/C12H18N2O/c1-5-8-14-9-11(10(2)13-14)6-7-12(3,4)15/h9,15H,5,8H2,1-4H3. The Kier molecular flexibility index (Phi) is 3.54. The molecule has 0 aromatic carbocycles. The molecule has 0 saturated carbocycles. The van der Waals surface area contributed by atoms with Crippen molar-refractivity contribution in [3.05, 3.63) is 17.5 Å². The molecule has 1 aromatic heterocycles. The summed E-state index contributed by atoms with van der Waals surface area (Å²) in [5.74, 6) is 5.73. The number of hydrogen-bond donors (Lipinski definition) is 1. The van der Waals surface area contributed by atoms with E-state index in [1.165, 1.54) is 0 Å². The van der Waals surface area contributed by atoms with Crippen molar-refractivity contribution in [1.82, 2.24) is 9.78 Å². The van der Waals surface area contributed by atoms with Crippen LogP contribution in [0, 0.1) is 18.8 Å². The number of nitrogens with zero attached hydrogens (tertiary/aromatic N) is 2. The van der Waals surface area contributed by atoms with Crippen LogP contribution in [0.15, 0.2) is 6.20 Å². The van der Waals surface area contributed by atoms with Gasteiger partial charge in [0, 0.05) is 12.7 Å². The molecule has 1 aromatic rings. The first-order valence-electron chi connectivity index (χ1n) is 5.22. The Morgan fingerprint density at radius 3 is 2.73 bits per heavy atom. The largest absolute Gasteiger partial charge is 0.378 e. The third-order valence-corrected chi connectivity index (χ3v) is 1.90. The normalized spacial score (nSPS) is 11.0. The lowest BCUT2D eigenvalue weighted by Gasteiger charge is -2.05. The molecule has 15 heavy (non-hydrogen) atoms. The van der Waals surface area contributed by atoms with E-state index < -0.39 is 5.60 Å². The minimum Gasteiger partial charge on any atom is -0.378 e. The molecule has 3 heteroatoms. The van der Waals surface area contributed by atoms with Crippen LogP contribution < -0.4 is 0 Å². The van der Waals surface area contributed by atoms with E-state index in [9.17, 15) is 5.11 Å². The number of hydrogen-bond acceptors (Lipinski definition) is 2. The summed E-state index contributed by atoms with van der Waals surface area (Å²) in [6.07, 6.45) is 2.98. The van der Waals surface area contributed by atoms with Gasteiger partial charge in [-0.1, -0.05) is 18.8 Å². The number of aryl methyl sites for hydroxylation is 2. The van der Waals surface area contributed by atoms with Gasteiger partial charge in [0.1, 0.15) is 5.60 Å². The lowest BCUT2D eigenvalue weighted by Crippen LogP contribution is -2.14. The van der Waals surface area contributed by atoms with Gasteiger partial charge in [0.2, 0.25) is 0 Å². The predicted molar refractivity (Wildman–Crippen MR) is 60.4 cm³/mol. The topological polar surface area (TPSA) is 38.0 Å². The highest BCUT2D eigenvalue weighted by Crippen LogP contribution is 2.05. The van der Waals surface area contributed by atoms with Crippen LogP contribution in [0.25, 0.3) is 0 Å². The van der Waals surface area contributed by atoms with Gasteiger partial charge in [-0.05, 0) is 27.2 Å². The van der Waals surface area contributed by atoms with Gasteiger partial charge < -0.3 is 5.11 Å². The first-order chi connectivity index (χ1) is 6.92. The molecule has 0 fully saturated rings. The third-order valence-electron chi connectivity index (χ3n) is 1.90. The number of aromatic nitrogens is 2. The second-order valence-electron chi connectivity index (χ2n) is 4.20. The summed E-state index contributed by atoms with van der Waals surface area (Å²) >= 11 is 0. The van der Waals surface area contributed by atoms with Crippen molar-refractivity contribution in [2.45, 2.75) is 46.3 Å². The lowest BCUT2D eigenvalue weighted by atomic mass is 10.1. The fraction of sp³-hybridized carbons (Fsp3) is 0.583. The molecule has 0 aliphatic carbocycles. The van der Waals surface area contributed by atoms with Crippen LogP contribution in [0.5, 0.6) is 0 Å². The Bertz CT molecular complexity index is 388. The van der Waals surface area contributed by atoms with Crippen LogP contribution in [-0.4, -0.2) is 20.5 Å². The van der Waals surface area contributed by atoms with E-state index in [1.54, 1.807) is 13.8 Å². The number of rotatable bonds is 2. The average Bonchev–Trinajstić information content (AvgIpc) is 2.42. The van der Waals surface area contributed by atoms with Gasteiger partial charge in [-0.3, -0.25) is 4.68 Å². The second-order valence-corrected chi connectivity index (χ2v) is 4.20. The molecule has 0 spiro atoms. The minimum absolute atomic E-state index is 0.894. The molecule has 82 valence electrons. The first-order valence-corrected chi connectivity index (χ1v) is 5.22. The van der Waals surface area contributed by atoms with Crippen molar-refractivity contribution in [2.75, 3.05) is 0 Å². The zero-order chi connectivity index (χ0) is 11.5. The van der Waals surface area contributed by atoms with Gasteiger partial charge in [0.15, 0.2) is 0 Å². The van der Waals surface area contributed by atoms with Crippen LogP contribution in [-0.2, 0) is 6.54 Å². The van der Waals surface area contributed by atoms with E-state index in [1.807, 2.05) is 17.8 Å². The molecule has 0 unspecified atom stereocenters.